The lowest BCUT2D eigenvalue weighted by Crippen LogP contribution is -2.59. The molecule has 8 heteroatoms. The Bertz CT molecular complexity index is 585. The highest BCUT2D eigenvalue weighted by Crippen LogP contribution is 2.31. The van der Waals surface area contributed by atoms with Gasteiger partial charge in [-0.3, -0.25) is 0 Å². The predicted octanol–water partition coefficient (Wildman–Crippen LogP) is 3.21. The first kappa shape index (κ1) is 20.4. The third-order valence-corrected chi connectivity index (χ3v) is 4.42. The van der Waals surface area contributed by atoms with Gasteiger partial charge in [-0.2, -0.15) is 13.2 Å². The molecule has 0 atom stereocenters. The lowest BCUT2D eigenvalue weighted by molar-refractivity contribution is -0.137. The summed E-state index contributed by atoms with van der Waals surface area (Å²) in [5, 5.41) is 2.86. The summed E-state index contributed by atoms with van der Waals surface area (Å²) in [4.78, 5) is 15.9. The Kier molecular flexibility index (Phi) is 7.14. The number of ether oxygens (including phenoxy) is 1. The number of benzene rings is 1. The van der Waals surface area contributed by atoms with Crippen molar-refractivity contribution in [3.8, 4) is 5.75 Å². The molecule has 2 rings (SSSR count). The minimum atomic E-state index is -4.39. The number of amides is 2. The molecule has 0 saturated carbocycles. The molecule has 1 aromatic carbocycles. The summed E-state index contributed by atoms with van der Waals surface area (Å²) in [7, 11) is 0. The molecule has 0 spiro atoms. The van der Waals surface area contributed by atoms with Crippen LogP contribution in [0.5, 0.6) is 5.75 Å². The van der Waals surface area contributed by atoms with Crippen LogP contribution in [0.4, 0.5) is 18.0 Å². The fraction of sp³-hybridized carbons (Fsp3) is 0.611. The van der Waals surface area contributed by atoms with Crippen molar-refractivity contribution in [2.45, 2.75) is 32.5 Å². The number of hydrogen-bond acceptors (Lipinski definition) is 3. The van der Waals surface area contributed by atoms with E-state index in [4.69, 9.17) is 4.74 Å². The molecule has 1 N–H and O–H groups in total. The lowest BCUT2D eigenvalue weighted by Gasteiger charge is -2.38. The van der Waals surface area contributed by atoms with Gasteiger partial charge in [-0.05, 0) is 44.3 Å². The zero-order valence-electron chi connectivity index (χ0n) is 15.2. The van der Waals surface area contributed by atoms with E-state index in [-0.39, 0.29) is 17.9 Å². The molecule has 26 heavy (non-hydrogen) atoms. The summed E-state index contributed by atoms with van der Waals surface area (Å²) < 4.78 is 43.6. The van der Waals surface area contributed by atoms with Gasteiger partial charge in [0.15, 0.2) is 0 Å². The minimum Gasteiger partial charge on any atom is -0.487 e. The van der Waals surface area contributed by atoms with E-state index in [1.807, 2.05) is 0 Å². The van der Waals surface area contributed by atoms with E-state index >= 15 is 0 Å². The average Bonchev–Trinajstić information content (AvgIpc) is 2.57. The van der Waals surface area contributed by atoms with E-state index in [0.29, 0.717) is 19.6 Å². The average molecular weight is 373 g/mol. The highest BCUT2D eigenvalue weighted by atomic mass is 19.4. The van der Waals surface area contributed by atoms with Crippen LogP contribution in [0.25, 0.3) is 0 Å². The van der Waals surface area contributed by atoms with Crippen molar-refractivity contribution in [3.05, 3.63) is 29.8 Å². The van der Waals surface area contributed by atoms with E-state index in [1.165, 1.54) is 12.1 Å². The van der Waals surface area contributed by atoms with Gasteiger partial charge >= 0.3 is 12.2 Å². The first-order valence-electron chi connectivity index (χ1n) is 8.92. The van der Waals surface area contributed by atoms with Gasteiger partial charge in [0.2, 0.25) is 0 Å². The summed E-state index contributed by atoms with van der Waals surface area (Å²) in [6.45, 7) is 8.48. The highest BCUT2D eigenvalue weighted by Gasteiger charge is 2.34. The number of carbonyl (C=O) groups excluding carboxylic acids is 1. The molecule has 1 aliphatic heterocycles. The molecule has 0 unspecified atom stereocenters. The molecule has 0 aromatic heterocycles. The van der Waals surface area contributed by atoms with Gasteiger partial charge in [-0.15, -0.1) is 0 Å². The summed E-state index contributed by atoms with van der Waals surface area (Å²) in [6, 6.07) is 4.64. The van der Waals surface area contributed by atoms with Crippen molar-refractivity contribution in [1.82, 2.24) is 15.1 Å². The highest BCUT2D eigenvalue weighted by molar-refractivity contribution is 5.75. The maximum atomic E-state index is 12.7. The van der Waals surface area contributed by atoms with E-state index in [2.05, 4.69) is 24.1 Å². The number of hydrogen-bond donors (Lipinski definition) is 1. The first-order chi connectivity index (χ1) is 12.3. The van der Waals surface area contributed by atoms with Crippen molar-refractivity contribution < 1.29 is 22.7 Å². The van der Waals surface area contributed by atoms with Crippen molar-refractivity contribution in [2.24, 2.45) is 0 Å². The van der Waals surface area contributed by atoms with E-state index in [0.717, 1.165) is 38.2 Å². The second-order valence-corrected chi connectivity index (χ2v) is 6.28. The van der Waals surface area contributed by atoms with Crippen LogP contribution in [-0.2, 0) is 6.18 Å². The lowest BCUT2D eigenvalue weighted by atomic mass is 10.1. The fourth-order valence-corrected chi connectivity index (χ4v) is 2.77. The topological polar surface area (TPSA) is 44.8 Å². The maximum absolute atomic E-state index is 12.7. The Morgan fingerprint density at radius 2 is 2.00 bits per heavy atom. The minimum absolute atomic E-state index is 0.159. The van der Waals surface area contributed by atoms with Crippen LogP contribution >= 0.6 is 0 Å². The van der Waals surface area contributed by atoms with Crippen LogP contribution in [0, 0.1) is 0 Å². The standard InChI is InChI=1S/C18H26F3N3O2/c1-3-23(4-2)10-6-9-22-17(25)24-12-16(13-24)26-15-8-5-7-14(11-15)18(19,20)21/h5,7-8,11,16H,3-4,6,9-10,12-13H2,1-2H3,(H,22,25). The molecule has 1 heterocycles. The van der Waals surface area contributed by atoms with Crippen LogP contribution in [0.15, 0.2) is 24.3 Å². The number of halogens is 3. The van der Waals surface area contributed by atoms with Gasteiger partial charge in [-0.25, -0.2) is 4.79 Å². The molecule has 0 aliphatic carbocycles. The SMILES string of the molecule is CCN(CC)CCCNC(=O)N1CC(Oc2cccc(C(F)(F)F)c2)C1. The van der Waals surface area contributed by atoms with Crippen molar-refractivity contribution in [3.63, 3.8) is 0 Å². The normalized spacial score (nSPS) is 15.1. The number of carbonyl (C=O) groups is 1. The number of nitrogens with zero attached hydrogens (tertiary/aromatic N) is 2. The summed E-state index contributed by atoms with van der Waals surface area (Å²) >= 11 is 0. The van der Waals surface area contributed by atoms with Gasteiger partial charge in [-0.1, -0.05) is 19.9 Å². The molecular weight excluding hydrogens is 347 g/mol. The van der Waals surface area contributed by atoms with Crippen LogP contribution in [0.2, 0.25) is 0 Å². The first-order valence-corrected chi connectivity index (χ1v) is 8.92. The van der Waals surface area contributed by atoms with E-state index < -0.39 is 11.7 Å². The number of likely N-dealkylation sites (tertiary alicyclic amines) is 1. The van der Waals surface area contributed by atoms with Crippen LogP contribution in [-0.4, -0.2) is 61.2 Å². The molecule has 146 valence electrons. The summed E-state index contributed by atoms with van der Waals surface area (Å²) in [5.41, 5.74) is -0.739. The maximum Gasteiger partial charge on any atom is 0.416 e. The van der Waals surface area contributed by atoms with Crippen LogP contribution < -0.4 is 10.1 Å². The molecule has 1 aromatic rings. The van der Waals surface area contributed by atoms with Gasteiger partial charge in [0.1, 0.15) is 11.9 Å². The monoisotopic (exact) mass is 373 g/mol. The Balaban J connectivity index is 1.68. The van der Waals surface area contributed by atoms with Crippen molar-refractivity contribution in [2.75, 3.05) is 39.3 Å². The van der Waals surface area contributed by atoms with Crippen LogP contribution in [0.1, 0.15) is 25.8 Å². The summed E-state index contributed by atoms with van der Waals surface area (Å²) in [6.07, 6.45) is -3.79. The van der Waals surface area contributed by atoms with Gasteiger partial charge < -0.3 is 19.9 Å². The summed E-state index contributed by atoms with van der Waals surface area (Å²) in [5.74, 6) is 0.170. The smallest absolute Gasteiger partial charge is 0.416 e. The Hall–Kier alpha value is -1.96. The molecule has 0 radical (unpaired) electrons. The van der Waals surface area contributed by atoms with Gasteiger partial charge in [0.25, 0.3) is 0 Å². The number of urea groups is 1. The molecule has 1 fully saturated rings. The van der Waals surface area contributed by atoms with E-state index in [1.54, 1.807) is 4.90 Å². The number of rotatable bonds is 8. The molecule has 0 bridgehead atoms. The molecule has 1 saturated heterocycles. The molecule has 2 amide bonds. The Labute approximate surface area is 152 Å². The number of alkyl halides is 3. The van der Waals surface area contributed by atoms with Crippen molar-refractivity contribution in [1.29, 1.82) is 0 Å². The zero-order valence-corrected chi connectivity index (χ0v) is 15.2. The molecule has 5 nitrogen and oxygen atoms in total. The third kappa shape index (κ3) is 5.79. The van der Waals surface area contributed by atoms with Gasteiger partial charge in [0.05, 0.1) is 18.7 Å². The zero-order chi connectivity index (χ0) is 19.2. The molecular formula is C18H26F3N3O2. The van der Waals surface area contributed by atoms with Gasteiger partial charge in [0, 0.05) is 6.54 Å². The Morgan fingerprint density at radius 1 is 1.31 bits per heavy atom. The van der Waals surface area contributed by atoms with Crippen LogP contribution in [0.3, 0.4) is 0 Å². The second kappa shape index (κ2) is 9.12. The number of nitrogens with one attached hydrogen (secondary N) is 1. The largest absolute Gasteiger partial charge is 0.487 e. The fourth-order valence-electron chi connectivity index (χ4n) is 2.77. The molecule has 1 aliphatic rings. The van der Waals surface area contributed by atoms with Crippen molar-refractivity contribution >= 4 is 6.03 Å². The third-order valence-electron chi connectivity index (χ3n) is 4.42. The van der Waals surface area contributed by atoms with E-state index in [9.17, 15) is 18.0 Å². The predicted molar refractivity (Wildman–Crippen MR) is 93.2 cm³/mol. The second-order valence-electron chi connectivity index (χ2n) is 6.28. The Morgan fingerprint density at radius 3 is 2.62 bits per heavy atom. The quantitative estimate of drug-likeness (QED) is 0.712.